The standard InChI is InChI=1S/C32H22F4O3/c33-23-13-14-26-27(17-21-5-4-8-25(15-21)39-24-6-2-1-3-7-24)28(30(19-31(37)38)29(26)18-23)16-20-9-11-22(12-10-20)32(34,35)36/h1-15,17-18H,16,19H2,(H,37,38)/b27-17+. The maximum absolute atomic E-state index is 14.3. The summed E-state index contributed by atoms with van der Waals surface area (Å²) in [7, 11) is 0. The van der Waals surface area contributed by atoms with E-state index < -0.39 is 23.5 Å². The summed E-state index contributed by atoms with van der Waals surface area (Å²) in [5.41, 5.74) is 3.40. The lowest BCUT2D eigenvalue weighted by Crippen LogP contribution is -2.05. The molecule has 1 aliphatic rings. The minimum Gasteiger partial charge on any atom is -0.481 e. The van der Waals surface area contributed by atoms with Crippen molar-refractivity contribution in [1.82, 2.24) is 0 Å². The summed E-state index contributed by atoms with van der Waals surface area (Å²) < 4.78 is 59.5. The lowest BCUT2D eigenvalue weighted by atomic mass is 9.93. The zero-order chi connectivity index (χ0) is 27.6. The first kappa shape index (κ1) is 26.0. The molecule has 196 valence electrons. The largest absolute Gasteiger partial charge is 0.481 e. The molecule has 0 atom stereocenters. The molecule has 0 spiro atoms. The molecule has 0 fully saturated rings. The second kappa shape index (κ2) is 10.6. The van der Waals surface area contributed by atoms with Crippen molar-refractivity contribution < 1.29 is 32.2 Å². The molecule has 0 amide bonds. The highest BCUT2D eigenvalue weighted by Gasteiger charge is 2.31. The molecule has 7 heteroatoms. The Morgan fingerprint density at radius 1 is 0.795 bits per heavy atom. The predicted octanol–water partition coefficient (Wildman–Crippen LogP) is 8.66. The highest BCUT2D eigenvalue weighted by Crippen LogP contribution is 2.46. The Balaban J connectivity index is 1.59. The molecule has 0 aliphatic heterocycles. The molecule has 4 aromatic carbocycles. The Kier molecular flexibility index (Phi) is 7.07. The molecule has 3 nitrogen and oxygen atoms in total. The first-order valence-electron chi connectivity index (χ1n) is 12.1. The fraction of sp³-hybridized carbons (Fsp3) is 0.0938. The predicted molar refractivity (Wildman–Crippen MR) is 142 cm³/mol. The number of rotatable bonds is 7. The summed E-state index contributed by atoms with van der Waals surface area (Å²) in [6, 6.07) is 25.5. The number of carbonyl (C=O) groups is 1. The van der Waals surface area contributed by atoms with Gasteiger partial charge in [0.15, 0.2) is 0 Å². The lowest BCUT2D eigenvalue weighted by molar-refractivity contribution is -0.138. The number of fused-ring (bicyclic) bond motifs is 1. The molecule has 0 radical (unpaired) electrons. The van der Waals surface area contributed by atoms with Gasteiger partial charge in [0.25, 0.3) is 0 Å². The van der Waals surface area contributed by atoms with Gasteiger partial charge in [-0.15, -0.1) is 0 Å². The SMILES string of the molecule is O=C(O)CC1=C(Cc2ccc(C(F)(F)F)cc2)/C(=C/c2cccc(Oc3ccccc3)c2)c2ccc(F)cc21. The zero-order valence-corrected chi connectivity index (χ0v) is 20.5. The minimum atomic E-state index is -4.47. The van der Waals surface area contributed by atoms with Gasteiger partial charge in [-0.25, -0.2) is 4.39 Å². The van der Waals surface area contributed by atoms with Crippen LogP contribution in [0.5, 0.6) is 11.5 Å². The molecule has 0 saturated carbocycles. The Hall–Kier alpha value is -4.65. The first-order chi connectivity index (χ1) is 18.7. The summed E-state index contributed by atoms with van der Waals surface area (Å²) >= 11 is 0. The van der Waals surface area contributed by atoms with E-state index in [0.29, 0.717) is 44.9 Å². The quantitative estimate of drug-likeness (QED) is 0.243. The van der Waals surface area contributed by atoms with Crippen molar-refractivity contribution in [2.45, 2.75) is 19.0 Å². The van der Waals surface area contributed by atoms with Crippen molar-refractivity contribution in [3.63, 3.8) is 0 Å². The fourth-order valence-electron chi connectivity index (χ4n) is 4.68. The second-order valence-electron chi connectivity index (χ2n) is 9.13. The van der Waals surface area contributed by atoms with E-state index in [1.807, 2.05) is 60.7 Å². The smallest absolute Gasteiger partial charge is 0.416 e. The zero-order valence-electron chi connectivity index (χ0n) is 20.5. The van der Waals surface area contributed by atoms with Crippen LogP contribution in [0.1, 0.15) is 34.2 Å². The minimum absolute atomic E-state index is 0.170. The van der Waals surface area contributed by atoms with Crippen molar-refractivity contribution in [2.75, 3.05) is 0 Å². The van der Waals surface area contributed by atoms with Gasteiger partial charge in [-0.05, 0) is 100 Å². The number of benzene rings is 4. The molecule has 0 aromatic heterocycles. The summed E-state index contributed by atoms with van der Waals surface area (Å²) in [4.78, 5) is 11.8. The number of para-hydroxylation sites is 1. The number of aliphatic carboxylic acids is 1. The number of halogens is 4. The number of carboxylic acid groups (broad SMARTS) is 1. The second-order valence-corrected chi connectivity index (χ2v) is 9.13. The highest BCUT2D eigenvalue weighted by molar-refractivity contribution is 6.08. The third-order valence-corrected chi connectivity index (χ3v) is 6.42. The van der Waals surface area contributed by atoms with Crippen LogP contribution in [0, 0.1) is 5.82 Å². The Labute approximate surface area is 222 Å². The Bertz CT molecular complexity index is 1580. The van der Waals surface area contributed by atoms with Crippen molar-refractivity contribution >= 4 is 23.2 Å². The van der Waals surface area contributed by atoms with Gasteiger partial charge in [-0.2, -0.15) is 13.2 Å². The van der Waals surface area contributed by atoms with Crippen LogP contribution in [0.2, 0.25) is 0 Å². The molecule has 1 aliphatic carbocycles. The van der Waals surface area contributed by atoms with Crippen LogP contribution < -0.4 is 4.74 Å². The van der Waals surface area contributed by atoms with Crippen LogP contribution in [0.4, 0.5) is 17.6 Å². The van der Waals surface area contributed by atoms with Crippen LogP contribution in [0.15, 0.2) is 103 Å². The third-order valence-electron chi connectivity index (χ3n) is 6.42. The topological polar surface area (TPSA) is 46.5 Å². The number of allylic oxidation sites excluding steroid dienone is 2. The van der Waals surface area contributed by atoms with Crippen LogP contribution in [-0.2, 0) is 17.4 Å². The maximum atomic E-state index is 14.3. The Morgan fingerprint density at radius 3 is 2.21 bits per heavy atom. The lowest BCUT2D eigenvalue weighted by Gasteiger charge is -2.12. The molecule has 0 bridgehead atoms. The third kappa shape index (κ3) is 5.93. The highest BCUT2D eigenvalue weighted by atomic mass is 19.4. The molecule has 0 unspecified atom stereocenters. The van der Waals surface area contributed by atoms with E-state index in [0.717, 1.165) is 17.7 Å². The van der Waals surface area contributed by atoms with Gasteiger partial charge in [0.2, 0.25) is 0 Å². The maximum Gasteiger partial charge on any atom is 0.416 e. The molecule has 1 N–H and O–H groups in total. The van der Waals surface area contributed by atoms with Crippen molar-refractivity contribution in [1.29, 1.82) is 0 Å². The van der Waals surface area contributed by atoms with Crippen LogP contribution in [0.25, 0.3) is 17.2 Å². The van der Waals surface area contributed by atoms with Gasteiger partial charge in [0.1, 0.15) is 17.3 Å². The van der Waals surface area contributed by atoms with E-state index in [-0.39, 0.29) is 12.8 Å². The molecule has 4 aromatic rings. The summed E-state index contributed by atoms with van der Waals surface area (Å²) in [5, 5.41) is 9.64. The van der Waals surface area contributed by atoms with E-state index in [9.17, 15) is 27.5 Å². The van der Waals surface area contributed by atoms with E-state index in [1.165, 1.54) is 24.3 Å². The number of carboxylic acids is 1. The average Bonchev–Trinajstić information content (AvgIpc) is 3.15. The number of hydrogen-bond acceptors (Lipinski definition) is 2. The normalized spacial score (nSPS) is 14.0. The Morgan fingerprint density at radius 2 is 1.51 bits per heavy atom. The molecular formula is C32H22F4O3. The van der Waals surface area contributed by atoms with Gasteiger partial charge in [-0.1, -0.05) is 48.5 Å². The van der Waals surface area contributed by atoms with E-state index in [1.54, 1.807) is 6.07 Å². The van der Waals surface area contributed by atoms with Crippen molar-refractivity contribution in [2.24, 2.45) is 0 Å². The molecule has 0 saturated heterocycles. The van der Waals surface area contributed by atoms with Crippen molar-refractivity contribution in [3.05, 3.63) is 136 Å². The monoisotopic (exact) mass is 530 g/mol. The van der Waals surface area contributed by atoms with Crippen molar-refractivity contribution in [3.8, 4) is 11.5 Å². The summed E-state index contributed by atoms with van der Waals surface area (Å²) in [5.74, 6) is -0.350. The van der Waals surface area contributed by atoms with E-state index >= 15 is 0 Å². The van der Waals surface area contributed by atoms with Gasteiger partial charge >= 0.3 is 12.1 Å². The van der Waals surface area contributed by atoms with Crippen LogP contribution >= 0.6 is 0 Å². The summed E-state index contributed by atoms with van der Waals surface area (Å²) in [6.45, 7) is 0. The van der Waals surface area contributed by atoms with Gasteiger partial charge in [0.05, 0.1) is 12.0 Å². The first-order valence-corrected chi connectivity index (χ1v) is 12.1. The molecule has 39 heavy (non-hydrogen) atoms. The number of alkyl halides is 3. The number of ether oxygens (including phenoxy) is 1. The van der Waals surface area contributed by atoms with Gasteiger partial charge < -0.3 is 9.84 Å². The summed E-state index contributed by atoms with van der Waals surface area (Å²) in [6.07, 6.45) is -2.79. The average molecular weight is 531 g/mol. The molecule has 5 rings (SSSR count). The van der Waals surface area contributed by atoms with Crippen LogP contribution in [0.3, 0.4) is 0 Å². The molecular weight excluding hydrogens is 508 g/mol. The van der Waals surface area contributed by atoms with Crippen LogP contribution in [-0.4, -0.2) is 11.1 Å². The van der Waals surface area contributed by atoms with Gasteiger partial charge in [-0.3, -0.25) is 4.79 Å². The van der Waals surface area contributed by atoms with E-state index in [2.05, 4.69) is 0 Å². The fourth-order valence-corrected chi connectivity index (χ4v) is 4.68. The van der Waals surface area contributed by atoms with E-state index in [4.69, 9.17) is 4.74 Å². The molecule has 0 heterocycles. The van der Waals surface area contributed by atoms with Gasteiger partial charge in [0, 0.05) is 0 Å². The number of hydrogen-bond donors (Lipinski definition) is 1.